The highest BCUT2D eigenvalue weighted by Gasteiger charge is 2.36. The molecule has 5 nitrogen and oxygen atoms in total. The van der Waals surface area contributed by atoms with E-state index in [0.717, 1.165) is 32.4 Å². The van der Waals surface area contributed by atoms with Gasteiger partial charge in [-0.15, -0.1) is 0 Å². The number of hydrogen-bond acceptors (Lipinski definition) is 4. The van der Waals surface area contributed by atoms with Gasteiger partial charge < -0.3 is 19.7 Å². The maximum Gasteiger partial charge on any atom is 0.410 e. The van der Waals surface area contributed by atoms with Gasteiger partial charge in [0.1, 0.15) is 5.60 Å². The first kappa shape index (κ1) is 16.6. The Hall–Kier alpha value is -0.810. The Balaban J connectivity index is 1.94. The van der Waals surface area contributed by atoms with E-state index in [1.54, 1.807) is 0 Å². The molecule has 0 spiro atoms. The summed E-state index contributed by atoms with van der Waals surface area (Å²) in [7, 11) is 0. The average Bonchev–Trinajstić information content (AvgIpc) is 2.75. The Morgan fingerprint density at radius 3 is 2.52 bits per heavy atom. The highest BCUT2D eigenvalue weighted by Crippen LogP contribution is 2.23. The first-order valence-electron chi connectivity index (χ1n) is 8.15. The van der Waals surface area contributed by atoms with Gasteiger partial charge in [0.05, 0.1) is 6.10 Å². The largest absolute Gasteiger partial charge is 0.444 e. The molecule has 5 heteroatoms. The van der Waals surface area contributed by atoms with E-state index >= 15 is 0 Å². The van der Waals surface area contributed by atoms with Crippen molar-refractivity contribution in [2.75, 3.05) is 13.2 Å². The quantitative estimate of drug-likeness (QED) is 0.851. The van der Waals surface area contributed by atoms with Crippen molar-refractivity contribution in [3.8, 4) is 0 Å². The van der Waals surface area contributed by atoms with E-state index < -0.39 is 5.60 Å². The smallest absolute Gasteiger partial charge is 0.410 e. The fourth-order valence-electron chi connectivity index (χ4n) is 3.17. The number of carbonyl (C=O) groups excluding carboxylic acids is 1. The summed E-state index contributed by atoms with van der Waals surface area (Å²) in [6.45, 7) is 11.6. The Labute approximate surface area is 128 Å². The van der Waals surface area contributed by atoms with Crippen LogP contribution in [0.1, 0.15) is 53.9 Å². The summed E-state index contributed by atoms with van der Waals surface area (Å²) in [5.74, 6) is 0. The van der Waals surface area contributed by atoms with Crippen molar-refractivity contribution in [1.82, 2.24) is 10.2 Å². The Morgan fingerprint density at radius 2 is 1.95 bits per heavy atom. The number of amides is 1. The van der Waals surface area contributed by atoms with Crippen LogP contribution in [0.5, 0.6) is 0 Å². The van der Waals surface area contributed by atoms with Crippen molar-refractivity contribution in [2.24, 2.45) is 0 Å². The fourth-order valence-corrected chi connectivity index (χ4v) is 3.17. The molecule has 0 aromatic heterocycles. The summed E-state index contributed by atoms with van der Waals surface area (Å²) in [5, 5.41) is 3.69. The van der Waals surface area contributed by atoms with Crippen LogP contribution in [0.15, 0.2) is 0 Å². The molecule has 2 saturated heterocycles. The van der Waals surface area contributed by atoms with Crippen LogP contribution in [-0.4, -0.2) is 54.0 Å². The number of piperidine rings is 1. The standard InChI is InChI=1S/C16H30N2O3/c1-11-13(17-14-8-10-20-12(14)2)7-6-9-18(11)15(19)21-16(3,4)5/h11-14,17H,6-10H2,1-5H3. The number of rotatable bonds is 2. The van der Waals surface area contributed by atoms with Gasteiger partial charge in [0.2, 0.25) is 0 Å². The van der Waals surface area contributed by atoms with Gasteiger partial charge in [0.15, 0.2) is 0 Å². The molecule has 0 bridgehead atoms. The van der Waals surface area contributed by atoms with Crippen molar-refractivity contribution >= 4 is 6.09 Å². The van der Waals surface area contributed by atoms with Gasteiger partial charge in [-0.25, -0.2) is 4.79 Å². The molecule has 0 saturated carbocycles. The summed E-state index contributed by atoms with van der Waals surface area (Å²) >= 11 is 0. The Morgan fingerprint density at radius 1 is 1.24 bits per heavy atom. The second kappa shape index (κ2) is 6.53. The first-order chi connectivity index (χ1) is 9.78. The van der Waals surface area contributed by atoms with Crippen molar-refractivity contribution < 1.29 is 14.3 Å². The van der Waals surface area contributed by atoms with Crippen LogP contribution in [-0.2, 0) is 9.47 Å². The number of nitrogens with one attached hydrogen (secondary N) is 1. The second-order valence-electron chi connectivity index (χ2n) is 7.30. The topological polar surface area (TPSA) is 50.8 Å². The summed E-state index contributed by atoms with van der Waals surface area (Å²) < 4.78 is 11.1. The second-order valence-corrected chi connectivity index (χ2v) is 7.30. The molecule has 122 valence electrons. The van der Waals surface area contributed by atoms with E-state index in [1.165, 1.54) is 0 Å². The highest BCUT2D eigenvalue weighted by molar-refractivity contribution is 5.68. The van der Waals surface area contributed by atoms with E-state index in [0.29, 0.717) is 12.1 Å². The molecule has 2 fully saturated rings. The monoisotopic (exact) mass is 298 g/mol. The van der Waals surface area contributed by atoms with Crippen LogP contribution >= 0.6 is 0 Å². The molecular formula is C16H30N2O3. The summed E-state index contributed by atoms with van der Waals surface area (Å²) in [4.78, 5) is 14.2. The van der Waals surface area contributed by atoms with E-state index in [1.807, 2.05) is 25.7 Å². The van der Waals surface area contributed by atoms with E-state index in [4.69, 9.17) is 9.47 Å². The van der Waals surface area contributed by atoms with Gasteiger partial charge in [-0.3, -0.25) is 0 Å². The molecule has 4 unspecified atom stereocenters. The number of likely N-dealkylation sites (tertiary alicyclic amines) is 1. The van der Waals surface area contributed by atoms with Crippen LogP contribution in [0.2, 0.25) is 0 Å². The van der Waals surface area contributed by atoms with Gasteiger partial charge in [-0.1, -0.05) is 0 Å². The van der Waals surface area contributed by atoms with E-state index in [9.17, 15) is 4.79 Å². The minimum Gasteiger partial charge on any atom is -0.444 e. The lowest BCUT2D eigenvalue weighted by atomic mass is 9.96. The summed E-state index contributed by atoms with van der Waals surface area (Å²) in [5.41, 5.74) is -0.440. The molecule has 0 aromatic carbocycles. The fraction of sp³-hybridized carbons (Fsp3) is 0.938. The van der Waals surface area contributed by atoms with Crippen LogP contribution in [0.25, 0.3) is 0 Å². The van der Waals surface area contributed by atoms with Crippen molar-refractivity contribution in [3.05, 3.63) is 0 Å². The predicted molar refractivity (Wildman–Crippen MR) is 82.4 cm³/mol. The number of hydrogen-bond donors (Lipinski definition) is 1. The Kier molecular flexibility index (Phi) is 5.15. The summed E-state index contributed by atoms with van der Waals surface area (Å²) in [6, 6.07) is 0.873. The molecule has 0 aliphatic carbocycles. The number of nitrogens with zero attached hydrogens (tertiary/aromatic N) is 1. The molecule has 1 N–H and O–H groups in total. The molecule has 2 aliphatic rings. The zero-order valence-electron chi connectivity index (χ0n) is 14.0. The molecule has 4 atom stereocenters. The zero-order chi connectivity index (χ0) is 15.6. The lowest BCUT2D eigenvalue weighted by Crippen LogP contribution is -2.58. The van der Waals surface area contributed by atoms with Crippen molar-refractivity contribution in [2.45, 2.75) is 83.7 Å². The van der Waals surface area contributed by atoms with Crippen LogP contribution in [0.4, 0.5) is 4.79 Å². The molecule has 2 rings (SSSR count). The van der Waals surface area contributed by atoms with Crippen molar-refractivity contribution in [1.29, 1.82) is 0 Å². The van der Waals surface area contributed by atoms with Gasteiger partial charge in [0.25, 0.3) is 0 Å². The first-order valence-corrected chi connectivity index (χ1v) is 8.15. The predicted octanol–water partition coefficient (Wildman–Crippen LogP) is 2.54. The van der Waals surface area contributed by atoms with Gasteiger partial charge in [0, 0.05) is 31.3 Å². The highest BCUT2D eigenvalue weighted by atomic mass is 16.6. The lowest BCUT2D eigenvalue weighted by Gasteiger charge is -2.41. The SMILES string of the molecule is CC1OCCC1NC1CCCN(C(=O)OC(C)(C)C)C1C. The van der Waals surface area contributed by atoms with Crippen LogP contribution in [0, 0.1) is 0 Å². The third-order valence-electron chi connectivity index (χ3n) is 4.42. The van der Waals surface area contributed by atoms with Crippen LogP contribution in [0.3, 0.4) is 0 Å². The molecule has 2 aliphatic heterocycles. The normalized spacial score (nSPS) is 34.0. The maximum absolute atomic E-state index is 12.3. The molecule has 1 amide bonds. The molecular weight excluding hydrogens is 268 g/mol. The number of ether oxygens (including phenoxy) is 2. The Bertz CT molecular complexity index is 367. The number of carbonyl (C=O) groups is 1. The van der Waals surface area contributed by atoms with E-state index in [2.05, 4.69) is 19.2 Å². The molecule has 2 heterocycles. The van der Waals surface area contributed by atoms with E-state index in [-0.39, 0.29) is 18.2 Å². The van der Waals surface area contributed by atoms with Crippen molar-refractivity contribution in [3.63, 3.8) is 0 Å². The maximum atomic E-state index is 12.3. The van der Waals surface area contributed by atoms with Gasteiger partial charge in [-0.05, 0) is 53.9 Å². The van der Waals surface area contributed by atoms with Gasteiger partial charge >= 0.3 is 6.09 Å². The summed E-state index contributed by atoms with van der Waals surface area (Å²) in [6.07, 6.45) is 3.23. The minimum atomic E-state index is -0.440. The van der Waals surface area contributed by atoms with Gasteiger partial charge in [-0.2, -0.15) is 0 Å². The molecule has 0 aromatic rings. The van der Waals surface area contributed by atoms with Crippen LogP contribution < -0.4 is 5.32 Å². The third kappa shape index (κ3) is 4.33. The third-order valence-corrected chi connectivity index (χ3v) is 4.42. The zero-order valence-corrected chi connectivity index (χ0v) is 14.0. The molecule has 21 heavy (non-hydrogen) atoms. The lowest BCUT2D eigenvalue weighted by molar-refractivity contribution is 0.00555. The minimum absolute atomic E-state index is 0.154. The molecule has 0 radical (unpaired) electrons. The average molecular weight is 298 g/mol.